The minimum absolute atomic E-state index is 0.0249. The molecule has 0 aliphatic carbocycles. The number of carbonyl (C=O) groups is 2. The van der Waals surface area contributed by atoms with Crippen LogP contribution in [-0.2, 0) is 14.3 Å². The number of hydrogen-bond acceptors (Lipinski definition) is 5. The lowest BCUT2D eigenvalue weighted by atomic mass is 10.0. The smallest absolute Gasteiger partial charge is 0.306 e. The van der Waals surface area contributed by atoms with Crippen molar-refractivity contribution < 1.29 is 24.5 Å². The van der Waals surface area contributed by atoms with E-state index in [-0.39, 0.29) is 24.9 Å². The molecule has 0 aromatic carbocycles. The van der Waals surface area contributed by atoms with Gasteiger partial charge in [-0.15, -0.1) is 0 Å². The van der Waals surface area contributed by atoms with E-state index in [9.17, 15) is 19.8 Å². The van der Waals surface area contributed by atoms with Crippen LogP contribution in [0.1, 0.15) is 226 Å². The normalized spacial score (nSPS) is 14.0. The molecule has 0 saturated heterocycles. The fourth-order valence-electron chi connectivity index (χ4n) is 7.31. The van der Waals surface area contributed by atoms with Crippen LogP contribution >= 0.6 is 0 Å². The second-order valence-corrected chi connectivity index (χ2v) is 17.3. The summed E-state index contributed by atoms with van der Waals surface area (Å²) in [6.07, 6.45) is 66.0. The van der Waals surface area contributed by atoms with Gasteiger partial charge in [-0.3, -0.25) is 9.59 Å². The standard InChI is InChI=1S/C57H97NO5/c1-4-7-10-13-16-19-22-25-27-28-30-31-33-36-39-42-45-48-53(63-57(62)50-47-44-41-38-35-32-29-26-23-20-17-14-11-8-5-2)51-56(61)58-54(52-59)55(60)49-46-43-40-37-34-24-21-18-15-12-9-6-3/h8,11,14,16-17,19-20,23,25-27,29-31,36,39,53-55,59-60H,4-7,9-10,12-13,15,18,21-22,24,28,32-35,37-38,40-52H2,1-3H3,(H,58,61)/b11-8+,17-14+,19-16-,23-20+,27-25-,29-26-,31-30-,39-36-. The molecule has 0 radical (unpaired) electrons. The lowest BCUT2D eigenvalue weighted by Crippen LogP contribution is -2.46. The molecule has 63 heavy (non-hydrogen) atoms. The highest BCUT2D eigenvalue weighted by atomic mass is 16.5. The number of allylic oxidation sites excluding steroid dienone is 16. The minimum Gasteiger partial charge on any atom is -0.462 e. The largest absolute Gasteiger partial charge is 0.462 e. The van der Waals surface area contributed by atoms with Crippen LogP contribution in [0.2, 0.25) is 0 Å². The number of ether oxygens (including phenoxy) is 1. The van der Waals surface area contributed by atoms with E-state index >= 15 is 0 Å². The van der Waals surface area contributed by atoms with Gasteiger partial charge in [-0.25, -0.2) is 0 Å². The SMILES string of the molecule is CC/C=C/C=C/C=C/C=C\CCCCCCCC(=O)OC(CCC/C=C\C/C=C\C/C=C\C/C=C\CCCCC)CC(=O)NC(CO)C(O)CCCCCCCCCCCCCC. The first-order valence-corrected chi connectivity index (χ1v) is 26.0. The number of nitrogens with one attached hydrogen (secondary N) is 1. The minimum atomic E-state index is -0.811. The average molecular weight is 876 g/mol. The Bertz CT molecular complexity index is 1260. The van der Waals surface area contributed by atoms with Crippen LogP contribution in [0.15, 0.2) is 97.2 Å². The second kappa shape index (κ2) is 49.8. The molecule has 360 valence electrons. The van der Waals surface area contributed by atoms with Gasteiger partial charge in [0.25, 0.3) is 0 Å². The molecule has 0 fully saturated rings. The molecular formula is C57H97NO5. The van der Waals surface area contributed by atoms with Crippen molar-refractivity contribution in [2.24, 2.45) is 0 Å². The lowest BCUT2D eigenvalue weighted by Gasteiger charge is -2.24. The van der Waals surface area contributed by atoms with Gasteiger partial charge in [-0.2, -0.15) is 0 Å². The van der Waals surface area contributed by atoms with E-state index in [1.54, 1.807) is 0 Å². The summed E-state index contributed by atoms with van der Waals surface area (Å²) in [5.41, 5.74) is 0. The third kappa shape index (κ3) is 45.2. The van der Waals surface area contributed by atoms with Crippen molar-refractivity contribution in [2.75, 3.05) is 6.61 Å². The van der Waals surface area contributed by atoms with Gasteiger partial charge in [0.05, 0.1) is 25.2 Å². The number of rotatable bonds is 45. The fourth-order valence-corrected chi connectivity index (χ4v) is 7.31. The molecule has 6 nitrogen and oxygen atoms in total. The van der Waals surface area contributed by atoms with Crippen LogP contribution in [-0.4, -0.2) is 46.9 Å². The summed E-state index contributed by atoms with van der Waals surface area (Å²) in [7, 11) is 0. The van der Waals surface area contributed by atoms with Crippen molar-refractivity contribution in [3.05, 3.63) is 97.2 Å². The Morgan fingerprint density at radius 1 is 0.492 bits per heavy atom. The summed E-state index contributed by atoms with van der Waals surface area (Å²) in [5, 5.41) is 23.7. The Kier molecular flexibility index (Phi) is 47.2. The Morgan fingerprint density at radius 3 is 1.51 bits per heavy atom. The summed E-state index contributed by atoms with van der Waals surface area (Å²) in [6, 6.07) is -0.729. The molecule has 6 heteroatoms. The van der Waals surface area contributed by atoms with Crippen LogP contribution in [0.3, 0.4) is 0 Å². The number of amides is 1. The van der Waals surface area contributed by atoms with Crippen LogP contribution in [0.5, 0.6) is 0 Å². The topological polar surface area (TPSA) is 95.9 Å². The summed E-state index contributed by atoms with van der Waals surface area (Å²) in [6.45, 7) is 6.29. The Hall–Kier alpha value is -3.22. The van der Waals surface area contributed by atoms with Crippen molar-refractivity contribution in [3.63, 3.8) is 0 Å². The summed E-state index contributed by atoms with van der Waals surface area (Å²) >= 11 is 0. The van der Waals surface area contributed by atoms with E-state index in [2.05, 4.69) is 105 Å². The number of esters is 1. The summed E-state index contributed by atoms with van der Waals surface area (Å²) in [4.78, 5) is 26.1. The Balaban J connectivity index is 4.76. The first-order valence-electron chi connectivity index (χ1n) is 26.0. The van der Waals surface area contributed by atoms with E-state index in [1.807, 2.05) is 18.2 Å². The average Bonchev–Trinajstić information content (AvgIpc) is 3.28. The monoisotopic (exact) mass is 876 g/mol. The molecule has 0 aliphatic heterocycles. The molecule has 0 rings (SSSR count). The van der Waals surface area contributed by atoms with Gasteiger partial charge in [0.1, 0.15) is 6.10 Å². The zero-order valence-electron chi connectivity index (χ0n) is 40.9. The Morgan fingerprint density at radius 2 is 0.937 bits per heavy atom. The molecule has 0 aromatic heterocycles. The number of carbonyl (C=O) groups excluding carboxylic acids is 2. The number of unbranched alkanes of at least 4 members (excludes halogenated alkanes) is 20. The van der Waals surface area contributed by atoms with Crippen molar-refractivity contribution in [2.45, 2.75) is 244 Å². The lowest BCUT2D eigenvalue weighted by molar-refractivity contribution is -0.151. The molecule has 3 atom stereocenters. The second-order valence-electron chi connectivity index (χ2n) is 17.3. The molecule has 0 saturated carbocycles. The van der Waals surface area contributed by atoms with Crippen LogP contribution in [0.25, 0.3) is 0 Å². The van der Waals surface area contributed by atoms with E-state index < -0.39 is 18.2 Å². The van der Waals surface area contributed by atoms with Crippen molar-refractivity contribution in [3.8, 4) is 0 Å². The molecule has 0 spiro atoms. The predicted octanol–water partition coefficient (Wildman–Crippen LogP) is 15.7. The highest BCUT2D eigenvalue weighted by Crippen LogP contribution is 2.16. The first kappa shape index (κ1) is 59.8. The zero-order valence-corrected chi connectivity index (χ0v) is 40.9. The highest BCUT2D eigenvalue weighted by molar-refractivity contribution is 5.77. The van der Waals surface area contributed by atoms with Crippen LogP contribution < -0.4 is 5.32 Å². The fraction of sp³-hybridized carbons (Fsp3) is 0.684. The predicted molar refractivity (Wildman–Crippen MR) is 273 cm³/mol. The maximum Gasteiger partial charge on any atom is 0.306 e. The maximum absolute atomic E-state index is 13.2. The van der Waals surface area contributed by atoms with Crippen molar-refractivity contribution in [1.29, 1.82) is 0 Å². The van der Waals surface area contributed by atoms with Crippen molar-refractivity contribution in [1.82, 2.24) is 5.32 Å². The maximum atomic E-state index is 13.2. The number of aliphatic hydroxyl groups is 2. The third-order valence-electron chi connectivity index (χ3n) is 11.2. The zero-order chi connectivity index (χ0) is 45.9. The molecule has 0 aromatic rings. The van der Waals surface area contributed by atoms with Gasteiger partial charge in [-0.05, 0) is 83.5 Å². The third-order valence-corrected chi connectivity index (χ3v) is 11.2. The van der Waals surface area contributed by atoms with E-state index in [4.69, 9.17) is 4.74 Å². The van der Waals surface area contributed by atoms with Gasteiger partial charge in [0, 0.05) is 6.42 Å². The molecule has 0 heterocycles. The van der Waals surface area contributed by atoms with Gasteiger partial charge < -0.3 is 20.3 Å². The van der Waals surface area contributed by atoms with Gasteiger partial charge in [0.15, 0.2) is 0 Å². The van der Waals surface area contributed by atoms with E-state index in [0.29, 0.717) is 19.3 Å². The molecule has 0 aliphatic rings. The Labute approximate surface area is 388 Å². The van der Waals surface area contributed by atoms with E-state index in [0.717, 1.165) is 96.3 Å². The van der Waals surface area contributed by atoms with Crippen molar-refractivity contribution >= 4 is 11.9 Å². The number of hydrogen-bond donors (Lipinski definition) is 3. The molecule has 1 amide bonds. The van der Waals surface area contributed by atoms with Gasteiger partial charge in [0.2, 0.25) is 5.91 Å². The molecule has 3 unspecified atom stereocenters. The molecule has 0 bridgehead atoms. The van der Waals surface area contributed by atoms with Gasteiger partial charge in [-0.1, -0.05) is 227 Å². The van der Waals surface area contributed by atoms with Crippen LogP contribution in [0, 0.1) is 0 Å². The quantitative estimate of drug-likeness (QED) is 0.0245. The van der Waals surface area contributed by atoms with Gasteiger partial charge >= 0.3 is 5.97 Å². The summed E-state index contributed by atoms with van der Waals surface area (Å²) in [5.74, 6) is -0.561. The van der Waals surface area contributed by atoms with Crippen LogP contribution in [0.4, 0.5) is 0 Å². The molecular weight excluding hydrogens is 779 g/mol. The first-order chi connectivity index (χ1) is 31.0. The highest BCUT2D eigenvalue weighted by Gasteiger charge is 2.24. The number of aliphatic hydroxyl groups excluding tert-OH is 2. The molecule has 3 N–H and O–H groups in total. The summed E-state index contributed by atoms with van der Waals surface area (Å²) < 4.78 is 5.90. The van der Waals surface area contributed by atoms with E-state index in [1.165, 1.54) is 83.5 Å².